The lowest BCUT2D eigenvalue weighted by Gasteiger charge is -2.34. The van der Waals surface area contributed by atoms with Gasteiger partial charge in [-0.1, -0.05) is 60.7 Å². The maximum Gasteiger partial charge on any atom is 0.236 e. The number of fused-ring (bicyclic) bond motifs is 1. The van der Waals surface area contributed by atoms with E-state index in [2.05, 4.69) is 68.6 Å². The molecule has 5 rings (SSSR count). The number of nitrogens with zero attached hydrogens (tertiary/aromatic N) is 5. The second-order valence-electron chi connectivity index (χ2n) is 9.08. The number of aromatic nitrogens is 4. The van der Waals surface area contributed by atoms with Gasteiger partial charge in [-0.15, -0.1) is 14.8 Å². The molecule has 0 radical (unpaired) electrons. The smallest absolute Gasteiger partial charge is 0.236 e. The number of benzene rings is 2. The summed E-state index contributed by atoms with van der Waals surface area (Å²) in [5, 5.41) is 8.39. The van der Waals surface area contributed by atoms with E-state index in [1.807, 2.05) is 25.1 Å². The highest BCUT2D eigenvalue weighted by atomic mass is 16.5. The molecule has 8 heteroatoms. The molecule has 0 atom stereocenters. The van der Waals surface area contributed by atoms with Gasteiger partial charge in [0.15, 0.2) is 5.65 Å². The van der Waals surface area contributed by atoms with Gasteiger partial charge in [-0.2, -0.15) is 0 Å². The molecule has 0 unspecified atom stereocenters. The second-order valence-corrected chi connectivity index (χ2v) is 9.08. The van der Waals surface area contributed by atoms with Crippen LogP contribution < -0.4 is 4.74 Å². The molecule has 1 saturated heterocycles. The molecule has 1 aliphatic heterocycles. The molecule has 2 aromatic heterocycles. The fourth-order valence-electron chi connectivity index (χ4n) is 4.54. The Labute approximate surface area is 211 Å². The molecule has 1 fully saturated rings. The minimum absolute atomic E-state index is 0.0318. The van der Waals surface area contributed by atoms with Crippen molar-refractivity contribution in [2.24, 2.45) is 0 Å². The zero-order valence-corrected chi connectivity index (χ0v) is 20.7. The Morgan fingerprint density at radius 3 is 2.31 bits per heavy atom. The van der Waals surface area contributed by atoms with Gasteiger partial charge in [-0.25, -0.2) is 4.98 Å². The summed E-state index contributed by atoms with van der Waals surface area (Å²) in [6.07, 6.45) is 3.74. The van der Waals surface area contributed by atoms with Gasteiger partial charge < -0.3 is 19.1 Å². The van der Waals surface area contributed by atoms with Crippen LogP contribution in [0.2, 0.25) is 0 Å². The number of hydrogen-bond acceptors (Lipinski definition) is 7. The van der Waals surface area contributed by atoms with Crippen LogP contribution in [0.3, 0.4) is 0 Å². The monoisotopic (exact) mass is 487 g/mol. The van der Waals surface area contributed by atoms with Crippen molar-refractivity contribution >= 4 is 5.65 Å². The van der Waals surface area contributed by atoms with Crippen molar-refractivity contribution in [2.45, 2.75) is 32.0 Å². The number of piperidine rings is 1. The van der Waals surface area contributed by atoms with E-state index in [1.54, 1.807) is 0 Å². The predicted molar refractivity (Wildman–Crippen MR) is 137 cm³/mol. The number of rotatable bonds is 11. The number of aryl methyl sites for hydroxylation is 1. The average molecular weight is 488 g/mol. The van der Waals surface area contributed by atoms with Crippen molar-refractivity contribution in [2.75, 3.05) is 39.5 Å². The number of hydrogen-bond donors (Lipinski definition) is 0. The second kappa shape index (κ2) is 12.1. The summed E-state index contributed by atoms with van der Waals surface area (Å²) in [5.74, 6) is 0.558. The fraction of sp³-hybridized carbons (Fsp3) is 0.393. The van der Waals surface area contributed by atoms with E-state index in [1.165, 1.54) is 22.1 Å². The molecule has 4 aromatic rings. The highest BCUT2D eigenvalue weighted by molar-refractivity contribution is 5.41. The van der Waals surface area contributed by atoms with Crippen molar-refractivity contribution in [1.29, 1.82) is 0 Å². The quantitative estimate of drug-likeness (QED) is 0.295. The predicted octanol–water partition coefficient (Wildman–Crippen LogP) is 4.10. The molecule has 3 heterocycles. The number of likely N-dealkylation sites (tertiary alicyclic amines) is 1. The Balaban J connectivity index is 1.02. The highest BCUT2D eigenvalue weighted by Gasteiger charge is 2.24. The van der Waals surface area contributed by atoms with Crippen LogP contribution in [0.25, 0.3) is 5.65 Å². The Bertz CT molecular complexity index is 1170. The van der Waals surface area contributed by atoms with Crippen LogP contribution in [-0.2, 0) is 9.47 Å². The average Bonchev–Trinajstić information content (AvgIpc) is 3.38. The third-order valence-corrected chi connectivity index (χ3v) is 6.51. The van der Waals surface area contributed by atoms with Crippen molar-refractivity contribution in [3.05, 3.63) is 89.7 Å². The molecule has 0 bridgehead atoms. The Kier molecular flexibility index (Phi) is 8.17. The molecule has 8 nitrogen and oxygen atoms in total. The van der Waals surface area contributed by atoms with Crippen molar-refractivity contribution < 1.29 is 14.2 Å². The van der Waals surface area contributed by atoms with E-state index in [9.17, 15) is 0 Å². The molecule has 188 valence electrons. The van der Waals surface area contributed by atoms with E-state index < -0.39 is 0 Å². The SMILES string of the molecule is Cc1cc2ncnn2nc1OCCOCCN1CCC(OC(c2ccccc2)c2ccccc2)CC1. The zero-order valence-electron chi connectivity index (χ0n) is 20.7. The summed E-state index contributed by atoms with van der Waals surface area (Å²) >= 11 is 0. The van der Waals surface area contributed by atoms with Crippen molar-refractivity contribution in [1.82, 2.24) is 24.7 Å². The van der Waals surface area contributed by atoms with Gasteiger partial charge in [0, 0.05) is 25.2 Å². The van der Waals surface area contributed by atoms with E-state index in [4.69, 9.17) is 14.2 Å². The highest BCUT2D eigenvalue weighted by Crippen LogP contribution is 2.29. The van der Waals surface area contributed by atoms with Gasteiger partial charge in [0.25, 0.3) is 0 Å². The Morgan fingerprint density at radius 1 is 0.917 bits per heavy atom. The summed E-state index contributed by atoms with van der Waals surface area (Å²) in [6, 6.07) is 22.9. The summed E-state index contributed by atoms with van der Waals surface area (Å²) in [6.45, 7) is 6.54. The Morgan fingerprint density at radius 2 is 1.61 bits per heavy atom. The van der Waals surface area contributed by atoms with Gasteiger partial charge in [0.05, 0.1) is 19.3 Å². The largest absolute Gasteiger partial charge is 0.474 e. The summed E-state index contributed by atoms with van der Waals surface area (Å²) in [7, 11) is 0. The van der Waals surface area contributed by atoms with Crippen LogP contribution >= 0.6 is 0 Å². The Hall–Kier alpha value is -3.33. The van der Waals surface area contributed by atoms with Crippen LogP contribution in [0.4, 0.5) is 0 Å². The topological polar surface area (TPSA) is 74.0 Å². The lowest BCUT2D eigenvalue weighted by molar-refractivity contribution is -0.0308. The lowest BCUT2D eigenvalue weighted by atomic mass is 10.00. The van der Waals surface area contributed by atoms with E-state index in [0.717, 1.165) is 38.0 Å². The third kappa shape index (κ3) is 6.26. The molecule has 36 heavy (non-hydrogen) atoms. The van der Waals surface area contributed by atoms with Gasteiger partial charge in [-0.3, -0.25) is 0 Å². The van der Waals surface area contributed by atoms with Crippen molar-refractivity contribution in [3.8, 4) is 5.88 Å². The molecule has 0 N–H and O–H groups in total. The normalized spacial score (nSPS) is 15.1. The first-order valence-electron chi connectivity index (χ1n) is 12.6. The fourth-order valence-corrected chi connectivity index (χ4v) is 4.54. The number of ether oxygens (including phenoxy) is 3. The van der Waals surface area contributed by atoms with E-state index in [-0.39, 0.29) is 12.2 Å². The van der Waals surface area contributed by atoms with Crippen LogP contribution in [0.1, 0.15) is 35.6 Å². The van der Waals surface area contributed by atoms with Crippen LogP contribution in [-0.4, -0.2) is 70.3 Å². The first-order valence-corrected chi connectivity index (χ1v) is 12.6. The molecule has 0 saturated carbocycles. The first-order chi connectivity index (χ1) is 17.8. The van der Waals surface area contributed by atoms with Gasteiger partial charge >= 0.3 is 0 Å². The molecular weight excluding hydrogens is 454 g/mol. The van der Waals surface area contributed by atoms with E-state index in [0.29, 0.717) is 31.3 Å². The molecule has 0 amide bonds. The van der Waals surface area contributed by atoms with Gasteiger partial charge in [0.1, 0.15) is 19.0 Å². The van der Waals surface area contributed by atoms with Crippen LogP contribution in [0.15, 0.2) is 73.1 Å². The van der Waals surface area contributed by atoms with Crippen molar-refractivity contribution in [3.63, 3.8) is 0 Å². The minimum Gasteiger partial charge on any atom is -0.474 e. The van der Waals surface area contributed by atoms with Gasteiger partial charge in [0.2, 0.25) is 5.88 Å². The standard InChI is InChI=1S/C28H33N5O3/c1-22-20-26-29-21-30-33(26)31-28(22)35-19-18-34-17-16-32-14-12-25(13-15-32)36-27(23-8-4-2-5-9-23)24-10-6-3-7-11-24/h2-11,20-21,25,27H,12-19H2,1H3. The molecule has 0 spiro atoms. The van der Waals surface area contributed by atoms with Crippen LogP contribution in [0.5, 0.6) is 5.88 Å². The molecule has 1 aliphatic rings. The van der Waals surface area contributed by atoms with Crippen LogP contribution in [0, 0.1) is 6.92 Å². The maximum absolute atomic E-state index is 6.65. The minimum atomic E-state index is -0.0318. The maximum atomic E-state index is 6.65. The summed E-state index contributed by atoms with van der Waals surface area (Å²) < 4.78 is 19.7. The third-order valence-electron chi connectivity index (χ3n) is 6.51. The molecular formula is C28H33N5O3. The first kappa shape index (κ1) is 24.4. The zero-order chi connectivity index (χ0) is 24.6. The molecule has 2 aromatic carbocycles. The molecule has 0 aliphatic carbocycles. The van der Waals surface area contributed by atoms with Gasteiger partial charge in [-0.05, 0) is 37.0 Å². The lowest BCUT2D eigenvalue weighted by Crippen LogP contribution is -2.39. The summed E-state index contributed by atoms with van der Waals surface area (Å²) in [4.78, 5) is 6.58. The summed E-state index contributed by atoms with van der Waals surface area (Å²) in [5.41, 5.74) is 4.05. The van der Waals surface area contributed by atoms with E-state index >= 15 is 0 Å².